The molecule has 1 aliphatic rings. The van der Waals surface area contributed by atoms with E-state index in [1.165, 1.54) is 6.42 Å². The number of likely N-dealkylation sites (tertiary alicyclic amines) is 1. The molecule has 0 unspecified atom stereocenters. The predicted molar refractivity (Wildman–Crippen MR) is 127 cm³/mol. The third kappa shape index (κ3) is 4.82. The van der Waals surface area contributed by atoms with Crippen molar-refractivity contribution in [2.45, 2.75) is 44.9 Å². The van der Waals surface area contributed by atoms with E-state index in [1.54, 1.807) is 18.6 Å². The molecule has 4 aromatic heterocycles. The van der Waals surface area contributed by atoms with Crippen molar-refractivity contribution in [2.75, 3.05) is 13.1 Å². The average Bonchev–Trinajstić information content (AvgIpc) is 3.50. The van der Waals surface area contributed by atoms with E-state index < -0.39 is 0 Å². The first-order valence-electron chi connectivity index (χ1n) is 11.9. The molecule has 0 saturated carbocycles. The topological polar surface area (TPSA) is 83.4 Å². The highest BCUT2D eigenvalue weighted by atomic mass is 16.2. The maximum absolute atomic E-state index is 12.9. The SMILES string of the molecule is O=C(CCCCCC1CCN(C(=O)c2cc3cnccc3[nH]2)CC1)c1ccc2nccn2c1. The second-order valence-electron chi connectivity index (χ2n) is 9.01. The van der Waals surface area contributed by atoms with Gasteiger partial charge < -0.3 is 14.3 Å². The molecular weight excluding hydrogens is 414 g/mol. The van der Waals surface area contributed by atoms with E-state index >= 15 is 0 Å². The van der Waals surface area contributed by atoms with Crippen molar-refractivity contribution in [3.63, 3.8) is 0 Å². The maximum atomic E-state index is 12.9. The fraction of sp³-hybridized carbons (Fsp3) is 0.385. The molecule has 170 valence electrons. The summed E-state index contributed by atoms with van der Waals surface area (Å²) in [5, 5.41) is 0.969. The lowest BCUT2D eigenvalue weighted by atomic mass is 9.91. The van der Waals surface area contributed by atoms with Crippen molar-refractivity contribution < 1.29 is 9.59 Å². The minimum absolute atomic E-state index is 0.0806. The summed E-state index contributed by atoms with van der Waals surface area (Å²) in [6.07, 6.45) is 16.0. The number of aromatic amines is 1. The minimum Gasteiger partial charge on any atom is -0.350 e. The molecule has 0 atom stereocenters. The molecule has 0 spiro atoms. The highest BCUT2D eigenvalue weighted by molar-refractivity contribution is 5.98. The molecule has 7 nitrogen and oxygen atoms in total. The van der Waals surface area contributed by atoms with E-state index in [0.717, 1.165) is 67.3 Å². The minimum atomic E-state index is 0.0806. The molecular formula is C26H29N5O2. The molecule has 33 heavy (non-hydrogen) atoms. The van der Waals surface area contributed by atoms with Crippen molar-refractivity contribution in [3.8, 4) is 0 Å². The number of amides is 1. The zero-order chi connectivity index (χ0) is 22.6. The van der Waals surface area contributed by atoms with Gasteiger partial charge in [-0.3, -0.25) is 14.6 Å². The van der Waals surface area contributed by atoms with Gasteiger partial charge in [0.2, 0.25) is 0 Å². The van der Waals surface area contributed by atoms with E-state index in [1.807, 2.05) is 46.0 Å². The molecule has 7 heteroatoms. The van der Waals surface area contributed by atoms with Gasteiger partial charge in [0.25, 0.3) is 5.91 Å². The van der Waals surface area contributed by atoms with Crippen LogP contribution in [0.4, 0.5) is 0 Å². The van der Waals surface area contributed by atoms with Crippen molar-refractivity contribution in [1.29, 1.82) is 0 Å². The van der Waals surface area contributed by atoms with Crippen LogP contribution >= 0.6 is 0 Å². The smallest absolute Gasteiger partial charge is 0.270 e. The molecule has 5 rings (SSSR count). The summed E-state index contributed by atoms with van der Waals surface area (Å²) in [6.45, 7) is 1.62. The zero-order valence-electron chi connectivity index (χ0n) is 18.7. The third-order valence-electron chi connectivity index (χ3n) is 6.78. The molecule has 0 aliphatic carbocycles. The van der Waals surface area contributed by atoms with Crippen LogP contribution in [0.3, 0.4) is 0 Å². The number of ketones is 1. The summed E-state index contributed by atoms with van der Waals surface area (Å²) < 4.78 is 1.89. The van der Waals surface area contributed by atoms with Gasteiger partial charge in [-0.25, -0.2) is 4.98 Å². The summed E-state index contributed by atoms with van der Waals surface area (Å²) in [5.41, 5.74) is 3.21. The van der Waals surface area contributed by atoms with Gasteiger partial charge in [-0.1, -0.05) is 19.3 Å². The van der Waals surface area contributed by atoms with Crippen LogP contribution in [0.5, 0.6) is 0 Å². The Morgan fingerprint density at radius 3 is 2.79 bits per heavy atom. The first-order chi connectivity index (χ1) is 16.2. The van der Waals surface area contributed by atoms with Crippen LogP contribution in [-0.4, -0.2) is 49.0 Å². The number of imidazole rings is 1. The van der Waals surface area contributed by atoms with E-state index in [9.17, 15) is 9.59 Å². The zero-order valence-corrected chi connectivity index (χ0v) is 18.7. The van der Waals surface area contributed by atoms with Crippen LogP contribution in [0, 0.1) is 5.92 Å². The molecule has 1 fully saturated rings. The normalized spacial score (nSPS) is 14.8. The Morgan fingerprint density at radius 2 is 1.94 bits per heavy atom. The third-order valence-corrected chi connectivity index (χ3v) is 6.78. The second-order valence-corrected chi connectivity index (χ2v) is 9.01. The monoisotopic (exact) mass is 443 g/mol. The average molecular weight is 444 g/mol. The number of pyridine rings is 2. The number of hydrogen-bond acceptors (Lipinski definition) is 4. The highest BCUT2D eigenvalue weighted by Gasteiger charge is 2.24. The lowest BCUT2D eigenvalue weighted by Gasteiger charge is -2.31. The molecule has 0 aromatic carbocycles. The van der Waals surface area contributed by atoms with Gasteiger partial charge in [-0.15, -0.1) is 0 Å². The standard InChI is InChI=1S/C26H29N5O2/c32-24(20-6-7-25-28-12-15-31(25)18-20)5-3-1-2-4-19-9-13-30(14-10-19)26(33)23-16-21-17-27-11-8-22(21)29-23/h6-8,11-12,15-19,29H,1-5,9-10,13-14H2. The van der Waals surface area contributed by atoms with Crippen LogP contribution in [0.15, 0.2) is 55.2 Å². The molecule has 1 aliphatic heterocycles. The molecule has 1 N–H and O–H groups in total. The van der Waals surface area contributed by atoms with E-state index in [0.29, 0.717) is 18.0 Å². The van der Waals surface area contributed by atoms with Crippen molar-refractivity contribution in [1.82, 2.24) is 24.3 Å². The number of piperidine rings is 1. The largest absolute Gasteiger partial charge is 0.350 e. The van der Waals surface area contributed by atoms with Crippen LogP contribution < -0.4 is 0 Å². The lowest BCUT2D eigenvalue weighted by molar-refractivity contribution is 0.0680. The van der Waals surface area contributed by atoms with Gasteiger partial charge >= 0.3 is 0 Å². The van der Waals surface area contributed by atoms with Gasteiger partial charge in [0.05, 0.1) is 0 Å². The summed E-state index contributed by atoms with van der Waals surface area (Å²) in [5.74, 6) is 0.947. The number of carbonyl (C=O) groups is 2. The van der Waals surface area contributed by atoms with Gasteiger partial charge in [0, 0.05) is 67.0 Å². The number of nitrogens with zero attached hydrogens (tertiary/aromatic N) is 4. The molecule has 1 saturated heterocycles. The Morgan fingerprint density at radius 1 is 1.06 bits per heavy atom. The number of carbonyl (C=O) groups excluding carboxylic acids is 2. The Labute approximate surface area is 192 Å². The number of H-pyrrole nitrogens is 1. The van der Waals surface area contributed by atoms with Crippen molar-refractivity contribution in [2.24, 2.45) is 5.92 Å². The molecule has 0 bridgehead atoms. The number of nitrogens with one attached hydrogen (secondary N) is 1. The molecule has 5 heterocycles. The van der Waals surface area contributed by atoms with Crippen molar-refractivity contribution in [3.05, 3.63) is 66.5 Å². The number of unbranched alkanes of at least 4 members (excludes halogenated alkanes) is 2. The number of fused-ring (bicyclic) bond motifs is 2. The number of rotatable bonds is 8. The van der Waals surface area contributed by atoms with Crippen LogP contribution in [-0.2, 0) is 0 Å². The highest BCUT2D eigenvalue weighted by Crippen LogP contribution is 2.25. The predicted octanol–water partition coefficient (Wildman–Crippen LogP) is 4.90. The van der Waals surface area contributed by atoms with Gasteiger partial charge in [0.1, 0.15) is 11.3 Å². The Bertz CT molecular complexity index is 1230. The lowest BCUT2D eigenvalue weighted by Crippen LogP contribution is -2.38. The summed E-state index contributed by atoms with van der Waals surface area (Å²) in [4.78, 5) is 38.8. The number of Topliss-reactive ketones (excluding diaryl/α,β-unsaturated/α-hetero) is 1. The van der Waals surface area contributed by atoms with Gasteiger partial charge in [-0.2, -0.15) is 0 Å². The van der Waals surface area contributed by atoms with E-state index in [2.05, 4.69) is 15.0 Å². The van der Waals surface area contributed by atoms with E-state index in [-0.39, 0.29) is 11.7 Å². The Kier molecular flexibility index (Phi) is 6.19. The molecule has 1 amide bonds. The first kappa shape index (κ1) is 21.4. The second kappa shape index (κ2) is 9.57. The fourth-order valence-corrected chi connectivity index (χ4v) is 4.81. The van der Waals surface area contributed by atoms with Crippen LogP contribution in [0.1, 0.15) is 65.8 Å². The van der Waals surface area contributed by atoms with Crippen LogP contribution in [0.2, 0.25) is 0 Å². The van der Waals surface area contributed by atoms with Crippen LogP contribution in [0.25, 0.3) is 16.6 Å². The van der Waals surface area contributed by atoms with E-state index in [4.69, 9.17) is 0 Å². The summed E-state index contributed by atoms with van der Waals surface area (Å²) in [6, 6.07) is 7.54. The van der Waals surface area contributed by atoms with Gasteiger partial charge in [0.15, 0.2) is 5.78 Å². The number of aromatic nitrogens is 4. The number of hydrogen-bond donors (Lipinski definition) is 1. The fourth-order valence-electron chi connectivity index (χ4n) is 4.81. The summed E-state index contributed by atoms with van der Waals surface area (Å²) >= 11 is 0. The van der Waals surface area contributed by atoms with Crippen molar-refractivity contribution >= 4 is 28.2 Å². The quantitative estimate of drug-likeness (QED) is 0.310. The Balaban J connectivity index is 1.01. The molecule has 0 radical (unpaired) electrons. The molecule has 4 aromatic rings. The first-order valence-corrected chi connectivity index (χ1v) is 11.9. The van der Waals surface area contributed by atoms with Gasteiger partial charge in [-0.05, 0) is 49.4 Å². The Hall–Kier alpha value is -3.48. The summed E-state index contributed by atoms with van der Waals surface area (Å²) in [7, 11) is 0. The maximum Gasteiger partial charge on any atom is 0.270 e.